The van der Waals surface area contributed by atoms with Crippen LogP contribution in [0.1, 0.15) is 43.7 Å². The molecule has 3 rings (SSSR count). The second kappa shape index (κ2) is 11.2. The van der Waals surface area contributed by atoms with Crippen molar-refractivity contribution in [2.24, 2.45) is 0 Å². The first kappa shape index (κ1) is 26.6. The third-order valence-corrected chi connectivity index (χ3v) is 7.48. The highest BCUT2D eigenvalue weighted by molar-refractivity contribution is 7.92. The Balaban J connectivity index is 1.90. The van der Waals surface area contributed by atoms with Crippen LogP contribution >= 0.6 is 0 Å². The number of amides is 2. The maximum Gasteiger partial charge on any atom is 0.244 e. The molecule has 0 spiro atoms. The summed E-state index contributed by atoms with van der Waals surface area (Å²) in [4.78, 5) is 27.8. The molecule has 7 nitrogen and oxygen atoms in total. The number of sulfonamides is 1. The van der Waals surface area contributed by atoms with Crippen molar-refractivity contribution < 1.29 is 26.8 Å². The lowest BCUT2D eigenvalue weighted by atomic mass is 10.1. The number of hydrogen-bond acceptors (Lipinski definition) is 4. The molecule has 35 heavy (non-hydrogen) atoms. The molecule has 2 aromatic carbocycles. The highest BCUT2D eigenvalue weighted by atomic mass is 32.2. The predicted octanol–water partition coefficient (Wildman–Crippen LogP) is 3.52. The molecule has 0 saturated heterocycles. The number of halogens is 2. The predicted molar refractivity (Wildman–Crippen MR) is 130 cm³/mol. The van der Waals surface area contributed by atoms with Crippen LogP contribution in [0.2, 0.25) is 0 Å². The van der Waals surface area contributed by atoms with Crippen LogP contribution < -0.4 is 9.62 Å². The van der Waals surface area contributed by atoms with Crippen LogP contribution in [0, 0.1) is 18.6 Å². The SMILES string of the molecule is Cc1ccccc1CN(C(=O)CN(c1ccc(F)c(F)c1)S(C)(=O)=O)[C@H](C)C(=O)NC1CCCC1. The lowest BCUT2D eigenvalue weighted by Gasteiger charge is -2.32. The Morgan fingerprint density at radius 1 is 1.09 bits per heavy atom. The minimum absolute atomic E-state index is 0.0510. The minimum Gasteiger partial charge on any atom is -0.352 e. The first-order valence-corrected chi connectivity index (χ1v) is 13.4. The number of nitrogens with one attached hydrogen (secondary N) is 1. The zero-order chi connectivity index (χ0) is 25.8. The third-order valence-electron chi connectivity index (χ3n) is 6.34. The molecule has 0 unspecified atom stereocenters. The van der Waals surface area contributed by atoms with Crippen molar-refractivity contribution in [3.63, 3.8) is 0 Å². The van der Waals surface area contributed by atoms with Crippen molar-refractivity contribution in [2.45, 2.75) is 58.2 Å². The fraction of sp³-hybridized carbons (Fsp3) is 0.440. The largest absolute Gasteiger partial charge is 0.352 e. The second-order valence-corrected chi connectivity index (χ2v) is 10.9. The van der Waals surface area contributed by atoms with Gasteiger partial charge in [0.05, 0.1) is 11.9 Å². The number of anilines is 1. The number of aryl methyl sites for hydroxylation is 1. The number of carbonyl (C=O) groups excluding carboxylic acids is 2. The Labute approximate surface area is 205 Å². The highest BCUT2D eigenvalue weighted by Gasteiger charge is 2.31. The van der Waals surface area contributed by atoms with Crippen LogP contribution in [0.5, 0.6) is 0 Å². The number of benzene rings is 2. The molecule has 10 heteroatoms. The summed E-state index contributed by atoms with van der Waals surface area (Å²) >= 11 is 0. The average molecular weight is 508 g/mol. The first-order chi connectivity index (χ1) is 16.5. The zero-order valence-corrected chi connectivity index (χ0v) is 20.9. The van der Waals surface area contributed by atoms with Gasteiger partial charge in [-0.3, -0.25) is 13.9 Å². The van der Waals surface area contributed by atoms with Crippen molar-refractivity contribution >= 4 is 27.5 Å². The maximum absolute atomic E-state index is 13.8. The molecule has 0 heterocycles. The first-order valence-electron chi connectivity index (χ1n) is 11.5. The van der Waals surface area contributed by atoms with E-state index in [1.807, 2.05) is 31.2 Å². The Kier molecular flexibility index (Phi) is 8.47. The van der Waals surface area contributed by atoms with Gasteiger partial charge < -0.3 is 10.2 Å². The molecule has 1 saturated carbocycles. The van der Waals surface area contributed by atoms with Crippen molar-refractivity contribution in [3.05, 3.63) is 65.2 Å². The smallest absolute Gasteiger partial charge is 0.244 e. The molecule has 1 N–H and O–H groups in total. The van der Waals surface area contributed by atoms with Gasteiger partial charge in [0.2, 0.25) is 21.8 Å². The van der Waals surface area contributed by atoms with E-state index in [0.717, 1.165) is 61.3 Å². The lowest BCUT2D eigenvalue weighted by molar-refractivity contribution is -0.139. The third kappa shape index (κ3) is 6.78. The summed E-state index contributed by atoms with van der Waals surface area (Å²) in [7, 11) is -4.03. The molecular formula is C25H31F2N3O4S. The summed E-state index contributed by atoms with van der Waals surface area (Å²) in [5.74, 6) is -3.33. The topological polar surface area (TPSA) is 86.8 Å². The van der Waals surface area contributed by atoms with Crippen molar-refractivity contribution in [3.8, 4) is 0 Å². The van der Waals surface area contributed by atoms with Crippen molar-refractivity contribution in [1.29, 1.82) is 0 Å². The standard InChI is InChI=1S/C25H31F2N3O4S/c1-17-8-4-5-9-19(17)15-29(18(2)25(32)28-20-10-6-7-11-20)24(31)16-30(35(3,33)34)21-12-13-22(26)23(27)14-21/h4-5,8-9,12-14,18,20H,6-7,10-11,15-16H2,1-3H3,(H,28,32)/t18-/m1/s1. The molecule has 1 aliphatic rings. The average Bonchev–Trinajstić information content (AvgIpc) is 3.30. The van der Waals surface area contributed by atoms with E-state index in [1.54, 1.807) is 6.92 Å². The van der Waals surface area contributed by atoms with Crippen molar-refractivity contribution in [2.75, 3.05) is 17.1 Å². The van der Waals surface area contributed by atoms with Crippen LogP contribution in [-0.2, 0) is 26.2 Å². The Hall–Kier alpha value is -3.01. The van der Waals surface area contributed by atoms with Crippen LogP contribution in [0.4, 0.5) is 14.5 Å². The van der Waals surface area contributed by atoms with E-state index >= 15 is 0 Å². The van der Waals surface area contributed by atoms with E-state index in [2.05, 4.69) is 5.32 Å². The molecule has 0 aromatic heterocycles. The summed E-state index contributed by atoms with van der Waals surface area (Å²) in [6, 6.07) is 9.18. The van der Waals surface area contributed by atoms with E-state index < -0.39 is 40.2 Å². The molecule has 2 amide bonds. The maximum atomic E-state index is 13.8. The fourth-order valence-corrected chi connectivity index (χ4v) is 5.04. The molecule has 0 bridgehead atoms. The van der Waals surface area contributed by atoms with Gasteiger partial charge in [0, 0.05) is 18.7 Å². The Morgan fingerprint density at radius 3 is 2.34 bits per heavy atom. The molecular weight excluding hydrogens is 476 g/mol. The molecule has 190 valence electrons. The summed E-state index contributed by atoms with van der Waals surface area (Å²) in [6.07, 6.45) is 4.69. The van der Waals surface area contributed by atoms with Gasteiger partial charge in [-0.05, 0) is 49.9 Å². The summed E-state index contributed by atoms with van der Waals surface area (Å²) in [5.41, 5.74) is 1.54. The van der Waals surface area contributed by atoms with Crippen LogP contribution in [-0.4, -0.2) is 50.0 Å². The van der Waals surface area contributed by atoms with E-state index in [0.29, 0.717) is 4.31 Å². The van der Waals surface area contributed by atoms with E-state index in [-0.39, 0.29) is 24.2 Å². The highest BCUT2D eigenvalue weighted by Crippen LogP contribution is 2.22. The van der Waals surface area contributed by atoms with E-state index in [4.69, 9.17) is 0 Å². The number of carbonyl (C=O) groups is 2. The van der Waals surface area contributed by atoms with Gasteiger partial charge in [0.1, 0.15) is 12.6 Å². The molecule has 1 aliphatic carbocycles. The molecule has 1 fully saturated rings. The molecule has 2 aromatic rings. The van der Waals surface area contributed by atoms with Gasteiger partial charge in [0.15, 0.2) is 11.6 Å². The molecule has 0 radical (unpaired) electrons. The number of nitrogens with zero attached hydrogens (tertiary/aromatic N) is 2. The zero-order valence-electron chi connectivity index (χ0n) is 20.1. The van der Waals surface area contributed by atoms with Gasteiger partial charge in [-0.2, -0.15) is 0 Å². The molecule has 1 atom stereocenters. The quantitative estimate of drug-likeness (QED) is 0.563. The van der Waals surface area contributed by atoms with Crippen LogP contribution in [0.15, 0.2) is 42.5 Å². The summed E-state index contributed by atoms with van der Waals surface area (Å²) in [6.45, 7) is 2.89. The number of hydrogen-bond donors (Lipinski definition) is 1. The Bertz CT molecular complexity index is 1180. The van der Waals surface area contributed by atoms with E-state index in [9.17, 15) is 26.8 Å². The number of rotatable bonds is 9. The van der Waals surface area contributed by atoms with Crippen LogP contribution in [0.25, 0.3) is 0 Å². The second-order valence-electron chi connectivity index (χ2n) is 8.98. The van der Waals surface area contributed by atoms with E-state index in [1.165, 1.54) is 4.90 Å². The normalized spacial score (nSPS) is 15.0. The van der Waals surface area contributed by atoms with Gasteiger partial charge in [-0.15, -0.1) is 0 Å². The minimum atomic E-state index is -4.03. The van der Waals surface area contributed by atoms with Gasteiger partial charge in [0.25, 0.3) is 0 Å². The summed E-state index contributed by atoms with van der Waals surface area (Å²) in [5, 5.41) is 2.99. The summed E-state index contributed by atoms with van der Waals surface area (Å²) < 4.78 is 53.0. The van der Waals surface area contributed by atoms with Gasteiger partial charge >= 0.3 is 0 Å². The van der Waals surface area contributed by atoms with Crippen molar-refractivity contribution in [1.82, 2.24) is 10.2 Å². The van der Waals surface area contributed by atoms with Crippen LogP contribution in [0.3, 0.4) is 0 Å². The molecule has 0 aliphatic heterocycles. The van der Waals surface area contributed by atoms with Gasteiger partial charge in [-0.25, -0.2) is 17.2 Å². The van der Waals surface area contributed by atoms with Gasteiger partial charge in [-0.1, -0.05) is 37.1 Å². The monoisotopic (exact) mass is 507 g/mol. The fourth-order valence-electron chi connectivity index (χ4n) is 4.20. The lowest BCUT2D eigenvalue weighted by Crippen LogP contribution is -2.52. The Morgan fingerprint density at radius 2 is 1.74 bits per heavy atom.